The topological polar surface area (TPSA) is 75.7 Å². The molecule has 1 amide bonds. The fourth-order valence-corrected chi connectivity index (χ4v) is 10.3. The van der Waals surface area contributed by atoms with Gasteiger partial charge in [0.25, 0.3) is 0 Å². The molecule has 0 aliphatic heterocycles. The molecule has 4 fully saturated rings. The van der Waals surface area contributed by atoms with Gasteiger partial charge in [0.1, 0.15) is 17.9 Å². The van der Waals surface area contributed by atoms with E-state index in [-0.39, 0.29) is 34.7 Å². The summed E-state index contributed by atoms with van der Waals surface area (Å²) < 4.78 is 6.35. The first-order valence-corrected chi connectivity index (χ1v) is 17.5. The van der Waals surface area contributed by atoms with Crippen LogP contribution in [0, 0.1) is 40.4 Å². The lowest BCUT2D eigenvalue weighted by atomic mass is 9.44. The van der Waals surface area contributed by atoms with Gasteiger partial charge in [-0.3, -0.25) is 9.59 Å². The van der Waals surface area contributed by atoms with Gasteiger partial charge in [0, 0.05) is 61.6 Å². The van der Waals surface area contributed by atoms with Crippen LogP contribution in [0.5, 0.6) is 0 Å². The van der Waals surface area contributed by atoms with Crippen LogP contribution < -0.4 is 10.2 Å². The number of nitrogens with zero attached hydrogens (tertiary/aromatic N) is 1. The van der Waals surface area contributed by atoms with Gasteiger partial charge in [0.05, 0.1) is 0 Å². The van der Waals surface area contributed by atoms with Gasteiger partial charge in [0.2, 0.25) is 5.91 Å². The average molecular weight is 634 g/mol. The van der Waals surface area contributed by atoms with E-state index in [4.69, 9.17) is 27.9 Å². The number of ketones is 1. The van der Waals surface area contributed by atoms with Crippen molar-refractivity contribution in [2.45, 2.75) is 97.6 Å². The van der Waals surface area contributed by atoms with Crippen molar-refractivity contribution >= 4 is 46.5 Å². The van der Waals surface area contributed by atoms with Gasteiger partial charge in [-0.2, -0.15) is 0 Å². The Balaban J connectivity index is 1.26. The van der Waals surface area contributed by atoms with Gasteiger partial charge in [-0.25, -0.2) is 4.79 Å². The number of halogens is 2. The average Bonchev–Trinajstić information content (AvgIpc) is 3.29. The second kappa shape index (κ2) is 13.3. The number of alkyl halides is 2. The number of amides is 1. The van der Waals surface area contributed by atoms with E-state index in [1.54, 1.807) is 0 Å². The summed E-state index contributed by atoms with van der Waals surface area (Å²) in [6.07, 6.45) is 8.50. The third kappa shape index (κ3) is 6.48. The first-order valence-electron chi connectivity index (χ1n) is 16.5. The van der Waals surface area contributed by atoms with Crippen molar-refractivity contribution in [2.24, 2.45) is 40.4 Å². The number of carbonyl (C=O) groups excluding carboxylic acids is 3. The lowest BCUT2D eigenvalue weighted by molar-refractivity contribution is -0.168. The Morgan fingerprint density at radius 2 is 1.67 bits per heavy atom. The van der Waals surface area contributed by atoms with E-state index >= 15 is 0 Å². The smallest absolute Gasteiger partial charge is 0.329 e. The molecule has 9 atom stereocenters. The maximum atomic E-state index is 13.7. The molecule has 4 aliphatic rings. The number of hydrogen-bond donors (Lipinski definition) is 1. The molecular weight excluding hydrogens is 583 g/mol. The molecule has 1 N–H and O–H groups in total. The number of hydrogen-bond acceptors (Lipinski definition) is 5. The molecule has 1 aromatic rings. The molecule has 6 nitrogen and oxygen atoms in total. The molecule has 1 aromatic carbocycles. The number of ether oxygens (including phenoxy) is 1. The summed E-state index contributed by atoms with van der Waals surface area (Å²) >= 11 is 12.0. The molecule has 0 bridgehead atoms. The van der Waals surface area contributed by atoms with Crippen LogP contribution in [-0.2, 0) is 25.5 Å². The zero-order valence-electron chi connectivity index (χ0n) is 26.4. The summed E-state index contributed by atoms with van der Waals surface area (Å²) in [5.74, 6) is 3.40. The van der Waals surface area contributed by atoms with Crippen LogP contribution in [0.2, 0.25) is 0 Å². The predicted octanol–water partition coefficient (Wildman–Crippen LogP) is 6.79. The summed E-state index contributed by atoms with van der Waals surface area (Å²) in [6, 6.07) is 7.29. The Kier molecular flexibility index (Phi) is 10.1. The Hall–Kier alpha value is -1.79. The van der Waals surface area contributed by atoms with Crippen molar-refractivity contribution in [3.8, 4) is 0 Å². The van der Waals surface area contributed by atoms with Crippen molar-refractivity contribution in [3.05, 3.63) is 29.8 Å². The number of Topliss-reactive ketones (excluding diaryl/α,β-unsaturated/α-hetero) is 1. The van der Waals surface area contributed by atoms with E-state index in [9.17, 15) is 14.4 Å². The zero-order chi connectivity index (χ0) is 30.9. The van der Waals surface area contributed by atoms with Crippen LogP contribution >= 0.6 is 23.2 Å². The molecule has 4 saturated carbocycles. The highest BCUT2D eigenvalue weighted by molar-refractivity contribution is 6.18. The highest BCUT2D eigenvalue weighted by Gasteiger charge is 2.61. The third-order valence-electron chi connectivity index (χ3n) is 12.1. The molecule has 0 radical (unpaired) electrons. The van der Waals surface area contributed by atoms with Gasteiger partial charge in [-0.15, -0.1) is 23.2 Å². The third-order valence-corrected chi connectivity index (χ3v) is 12.4. The highest BCUT2D eigenvalue weighted by atomic mass is 35.5. The molecule has 0 aromatic heterocycles. The van der Waals surface area contributed by atoms with E-state index in [1.165, 1.54) is 13.3 Å². The van der Waals surface area contributed by atoms with E-state index in [0.717, 1.165) is 56.2 Å². The molecule has 43 heavy (non-hydrogen) atoms. The molecule has 0 heterocycles. The number of benzene rings is 1. The van der Waals surface area contributed by atoms with Crippen LogP contribution in [-0.4, -0.2) is 54.7 Å². The fourth-order valence-electron chi connectivity index (χ4n) is 9.86. The number of anilines is 1. The van der Waals surface area contributed by atoms with Crippen molar-refractivity contribution < 1.29 is 19.1 Å². The fraction of sp³-hybridized carbons (Fsp3) is 0.743. The van der Waals surface area contributed by atoms with Crippen LogP contribution in [0.4, 0.5) is 5.69 Å². The van der Waals surface area contributed by atoms with Crippen molar-refractivity contribution in [1.29, 1.82) is 0 Å². The maximum Gasteiger partial charge on any atom is 0.329 e. The lowest BCUT2D eigenvalue weighted by Gasteiger charge is -2.60. The van der Waals surface area contributed by atoms with Crippen LogP contribution in [0.15, 0.2) is 24.3 Å². The summed E-state index contributed by atoms with van der Waals surface area (Å²) in [7, 11) is 0. The number of carbonyl (C=O) groups is 3. The molecule has 5 rings (SSSR count). The second-order valence-corrected chi connectivity index (χ2v) is 15.2. The standard InChI is InChI=1S/C35H50Cl2N2O4/c1-22-21-35(4)25(20-31(22)41)7-10-27-28-11-12-32(34(28,3)14-13-29(27)35)43-33(42)30(38-23(2)40)19-24-5-8-26(9-6-24)39(17-15-36)18-16-37/h5-6,8-9,22,25,27-30,32H,7,10-21H2,1-4H3,(H,38,40)/t22-,25+,27-,28-,29-,30-,32+,34-,35-/m0/s1. The van der Waals surface area contributed by atoms with Gasteiger partial charge >= 0.3 is 5.97 Å². The molecule has 0 unspecified atom stereocenters. The van der Waals surface area contributed by atoms with Gasteiger partial charge < -0.3 is 15.0 Å². The van der Waals surface area contributed by atoms with E-state index < -0.39 is 6.04 Å². The Bertz CT molecular complexity index is 1170. The van der Waals surface area contributed by atoms with E-state index in [1.807, 2.05) is 24.3 Å². The summed E-state index contributed by atoms with van der Waals surface area (Å²) in [4.78, 5) is 40.5. The first kappa shape index (κ1) is 32.6. The quantitative estimate of drug-likeness (QED) is 0.227. The summed E-state index contributed by atoms with van der Waals surface area (Å²) in [6.45, 7) is 9.81. The minimum atomic E-state index is -0.736. The minimum absolute atomic E-state index is 0.0488. The molecule has 8 heteroatoms. The van der Waals surface area contributed by atoms with E-state index in [0.29, 0.717) is 60.7 Å². The maximum absolute atomic E-state index is 13.7. The normalized spacial score (nSPS) is 35.7. The van der Waals surface area contributed by atoms with Crippen molar-refractivity contribution in [2.75, 3.05) is 29.7 Å². The summed E-state index contributed by atoms with van der Waals surface area (Å²) in [5.41, 5.74) is 2.18. The van der Waals surface area contributed by atoms with Crippen LogP contribution in [0.25, 0.3) is 0 Å². The number of fused-ring (bicyclic) bond motifs is 5. The van der Waals surface area contributed by atoms with Gasteiger partial charge in [-0.1, -0.05) is 32.9 Å². The van der Waals surface area contributed by atoms with Crippen molar-refractivity contribution in [3.63, 3.8) is 0 Å². The SMILES string of the molecule is CC(=O)N[C@@H](Cc1ccc(N(CCCl)CCCl)cc1)C(=O)O[C@@H]1CC[C@H]2[C@@H]3CC[C@@H]4CC(=O)[C@@H](C)C[C@]4(C)[C@H]3CC[C@]12C. The van der Waals surface area contributed by atoms with Crippen molar-refractivity contribution in [1.82, 2.24) is 5.32 Å². The predicted molar refractivity (Wildman–Crippen MR) is 173 cm³/mol. The van der Waals surface area contributed by atoms with E-state index in [2.05, 4.69) is 31.0 Å². The molecule has 4 aliphatic carbocycles. The van der Waals surface area contributed by atoms with Gasteiger partial charge in [-0.05, 0) is 91.7 Å². The van der Waals surface area contributed by atoms with Crippen LogP contribution in [0.3, 0.4) is 0 Å². The minimum Gasteiger partial charge on any atom is -0.460 e. The second-order valence-electron chi connectivity index (χ2n) is 14.5. The molecule has 0 spiro atoms. The Morgan fingerprint density at radius 1 is 1.00 bits per heavy atom. The lowest BCUT2D eigenvalue weighted by Crippen LogP contribution is -2.55. The summed E-state index contributed by atoms with van der Waals surface area (Å²) in [5, 5.41) is 2.87. The molecule has 0 saturated heterocycles. The Labute approximate surface area is 268 Å². The molecule has 238 valence electrons. The largest absolute Gasteiger partial charge is 0.460 e. The van der Waals surface area contributed by atoms with Gasteiger partial charge in [0.15, 0.2) is 0 Å². The highest BCUT2D eigenvalue weighted by Crippen LogP contribution is 2.66. The van der Waals surface area contributed by atoms with Crippen LogP contribution in [0.1, 0.15) is 84.6 Å². The molecular formula is C35H50Cl2N2O4. The first-order chi connectivity index (χ1) is 20.5. The number of nitrogens with one attached hydrogen (secondary N) is 1. The monoisotopic (exact) mass is 632 g/mol. The number of esters is 1. The number of rotatable bonds is 10. The zero-order valence-corrected chi connectivity index (χ0v) is 27.9. The Morgan fingerprint density at radius 3 is 2.33 bits per heavy atom.